The lowest BCUT2D eigenvalue weighted by Crippen LogP contribution is -2.63. The normalized spacial score (nSPS) is 38.2. The van der Waals surface area contributed by atoms with E-state index in [1.54, 1.807) is 0 Å². The molecule has 1 aliphatic heterocycles. The van der Waals surface area contributed by atoms with Crippen LogP contribution in [0.2, 0.25) is 0 Å². The summed E-state index contributed by atoms with van der Waals surface area (Å²) < 4.78 is 5.51. The standard InChI is InChI=1S/C15H30N2O/c1-14(2)7-6-8-16-12(14)10-17-11-9-13(18-5)15(11,3)4/h11-13,16-17H,6-10H2,1-5H3. The molecule has 3 unspecified atom stereocenters. The molecule has 18 heavy (non-hydrogen) atoms. The Morgan fingerprint density at radius 2 is 2.00 bits per heavy atom. The Kier molecular flexibility index (Phi) is 4.05. The lowest BCUT2D eigenvalue weighted by molar-refractivity contribution is -0.0985. The highest BCUT2D eigenvalue weighted by molar-refractivity contribution is 5.03. The van der Waals surface area contributed by atoms with Crippen LogP contribution in [0.5, 0.6) is 0 Å². The fourth-order valence-electron chi connectivity index (χ4n) is 3.51. The molecule has 2 rings (SSSR count). The third-order valence-electron chi connectivity index (χ3n) is 5.36. The van der Waals surface area contributed by atoms with Crippen LogP contribution in [0, 0.1) is 10.8 Å². The van der Waals surface area contributed by atoms with Gasteiger partial charge in [-0.15, -0.1) is 0 Å². The molecule has 1 saturated heterocycles. The molecule has 0 aromatic rings. The topological polar surface area (TPSA) is 33.3 Å². The van der Waals surface area contributed by atoms with Crippen molar-refractivity contribution in [1.82, 2.24) is 10.6 Å². The zero-order valence-corrected chi connectivity index (χ0v) is 12.7. The van der Waals surface area contributed by atoms with Gasteiger partial charge >= 0.3 is 0 Å². The summed E-state index contributed by atoms with van der Waals surface area (Å²) in [7, 11) is 1.83. The van der Waals surface area contributed by atoms with Crippen LogP contribution in [0.4, 0.5) is 0 Å². The van der Waals surface area contributed by atoms with Crippen molar-refractivity contribution in [1.29, 1.82) is 0 Å². The van der Waals surface area contributed by atoms with Crippen molar-refractivity contribution >= 4 is 0 Å². The predicted octanol–water partition coefficient (Wildman–Crippen LogP) is 2.17. The van der Waals surface area contributed by atoms with Crippen molar-refractivity contribution in [3.63, 3.8) is 0 Å². The summed E-state index contributed by atoms with van der Waals surface area (Å²) in [6.45, 7) is 11.6. The molecule has 106 valence electrons. The van der Waals surface area contributed by atoms with Crippen molar-refractivity contribution in [3.8, 4) is 0 Å². The smallest absolute Gasteiger partial charge is 0.0652 e. The Morgan fingerprint density at radius 3 is 2.56 bits per heavy atom. The van der Waals surface area contributed by atoms with E-state index in [0.717, 1.165) is 13.0 Å². The van der Waals surface area contributed by atoms with Crippen LogP contribution in [0.1, 0.15) is 47.0 Å². The molecular weight excluding hydrogens is 224 g/mol. The van der Waals surface area contributed by atoms with E-state index in [2.05, 4.69) is 38.3 Å². The summed E-state index contributed by atoms with van der Waals surface area (Å²) in [6.07, 6.45) is 4.21. The first-order valence-corrected chi connectivity index (χ1v) is 7.37. The average Bonchev–Trinajstić information content (AvgIpc) is 2.29. The second-order valence-electron chi connectivity index (χ2n) is 7.34. The molecule has 1 heterocycles. The van der Waals surface area contributed by atoms with E-state index < -0.39 is 0 Å². The number of methoxy groups -OCH3 is 1. The number of nitrogens with one attached hydrogen (secondary N) is 2. The van der Waals surface area contributed by atoms with E-state index in [0.29, 0.717) is 23.6 Å². The van der Waals surface area contributed by atoms with Crippen LogP contribution in [0.15, 0.2) is 0 Å². The van der Waals surface area contributed by atoms with Gasteiger partial charge in [0.15, 0.2) is 0 Å². The minimum atomic E-state index is 0.271. The molecule has 0 radical (unpaired) electrons. The third-order valence-corrected chi connectivity index (χ3v) is 5.36. The average molecular weight is 254 g/mol. The van der Waals surface area contributed by atoms with E-state index in [-0.39, 0.29) is 5.41 Å². The second-order valence-corrected chi connectivity index (χ2v) is 7.34. The van der Waals surface area contributed by atoms with Gasteiger partial charge in [-0.3, -0.25) is 0 Å². The maximum Gasteiger partial charge on any atom is 0.0652 e. The quantitative estimate of drug-likeness (QED) is 0.806. The minimum absolute atomic E-state index is 0.271. The molecule has 0 aromatic heterocycles. The molecule has 2 fully saturated rings. The van der Waals surface area contributed by atoms with Crippen LogP contribution < -0.4 is 10.6 Å². The zero-order chi connectivity index (χ0) is 13.4. The SMILES string of the molecule is COC1CC(NCC2NCCCC2(C)C)C1(C)C. The molecule has 0 aromatic carbocycles. The highest BCUT2D eigenvalue weighted by atomic mass is 16.5. The maximum absolute atomic E-state index is 5.51. The molecule has 1 aliphatic carbocycles. The number of rotatable bonds is 4. The van der Waals surface area contributed by atoms with E-state index in [4.69, 9.17) is 4.74 Å². The molecule has 2 aliphatic rings. The molecular formula is C15H30N2O. The first-order valence-electron chi connectivity index (χ1n) is 7.37. The summed E-state index contributed by atoms with van der Waals surface area (Å²) >= 11 is 0. The van der Waals surface area contributed by atoms with E-state index in [9.17, 15) is 0 Å². The fraction of sp³-hybridized carbons (Fsp3) is 1.00. The van der Waals surface area contributed by atoms with Gasteiger partial charge in [-0.25, -0.2) is 0 Å². The third kappa shape index (κ3) is 2.59. The fourth-order valence-corrected chi connectivity index (χ4v) is 3.51. The Bertz CT molecular complexity index is 288. The lowest BCUT2D eigenvalue weighted by Gasteiger charge is -2.52. The highest BCUT2D eigenvalue weighted by Gasteiger charge is 2.48. The number of piperidine rings is 1. The van der Waals surface area contributed by atoms with E-state index >= 15 is 0 Å². The van der Waals surface area contributed by atoms with Gasteiger partial charge in [0.1, 0.15) is 0 Å². The van der Waals surface area contributed by atoms with Crippen molar-refractivity contribution in [2.45, 2.75) is 65.1 Å². The van der Waals surface area contributed by atoms with Crippen LogP contribution in [-0.2, 0) is 4.74 Å². The maximum atomic E-state index is 5.51. The first kappa shape index (κ1) is 14.3. The van der Waals surface area contributed by atoms with Gasteiger partial charge in [0.2, 0.25) is 0 Å². The monoisotopic (exact) mass is 254 g/mol. The second kappa shape index (κ2) is 5.10. The summed E-state index contributed by atoms with van der Waals surface area (Å²) in [5.41, 5.74) is 0.688. The largest absolute Gasteiger partial charge is 0.381 e. The minimum Gasteiger partial charge on any atom is -0.381 e. The van der Waals surface area contributed by atoms with Gasteiger partial charge in [0.25, 0.3) is 0 Å². The van der Waals surface area contributed by atoms with Crippen LogP contribution in [0.3, 0.4) is 0 Å². The highest BCUT2D eigenvalue weighted by Crippen LogP contribution is 2.42. The van der Waals surface area contributed by atoms with Crippen molar-refractivity contribution < 1.29 is 4.74 Å². The molecule has 0 amide bonds. The molecule has 3 nitrogen and oxygen atoms in total. The summed E-state index contributed by atoms with van der Waals surface area (Å²) in [5.74, 6) is 0. The molecule has 0 spiro atoms. The Balaban J connectivity index is 1.82. The van der Waals surface area contributed by atoms with Gasteiger partial charge in [-0.1, -0.05) is 27.7 Å². The van der Waals surface area contributed by atoms with Gasteiger partial charge < -0.3 is 15.4 Å². The number of hydrogen-bond acceptors (Lipinski definition) is 3. The van der Waals surface area contributed by atoms with Gasteiger partial charge in [0, 0.05) is 31.2 Å². The van der Waals surface area contributed by atoms with E-state index in [1.807, 2.05) is 7.11 Å². The summed E-state index contributed by atoms with van der Waals surface area (Å²) in [5, 5.41) is 7.43. The van der Waals surface area contributed by atoms with Crippen LogP contribution in [-0.4, -0.2) is 38.4 Å². The molecule has 1 saturated carbocycles. The predicted molar refractivity (Wildman–Crippen MR) is 75.8 cm³/mol. The summed E-state index contributed by atoms with van der Waals surface area (Å²) in [4.78, 5) is 0. The van der Waals surface area contributed by atoms with Crippen molar-refractivity contribution in [3.05, 3.63) is 0 Å². The summed E-state index contributed by atoms with van der Waals surface area (Å²) in [6, 6.07) is 1.20. The van der Waals surface area contributed by atoms with Crippen molar-refractivity contribution in [2.24, 2.45) is 10.8 Å². The lowest BCUT2D eigenvalue weighted by atomic mass is 9.64. The van der Waals surface area contributed by atoms with Gasteiger partial charge in [-0.2, -0.15) is 0 Å². The number of ether oxygens (including phenoxy) is 1. The molecule has 0 bridgehead atoms. The van der Waals surface area contributed by atoms with Crippen LogP contribution >= 0.6 is 0 Å². The van der Waals surface area contributed by atoms with Crippen LogP contribution in [0.25, 0.3) is 0 Å². The van der Waals surface area contributed by atoms with Crippen molar-refractivity contribution in [2.75, 3.05) is 20.2 Å². The van der Waals surface area contributed by atoms with Gasteiger partial charge in [0.05, 0.1) is 6.10 Å². The zero-order valence-electron chi connectivity index (χ0n) is 12.7. The Hall–Kier alpha value is -0.120. The van der Waals surface area contributed by atoms with E-state index in [1.165, 1.54) is 19.4 Å². The Morgan fingerprint density at radius 1 is 1.28 bits per heavy atom. The molecule has 3 atom stereocenters. The molecule has 2 N–H and O–H groups in total. The Labute approximate surface area is 112 Å². The molecule has 3 heteroatoms. The first-order chi connectivity index (χ1) is 8.38. The van der Waals surface area contributed by atoms with Gasteiger partial charge in [-0.05, 0) is 31.2 Å². The number of hydrogen-bond donors (Lipinski definition) is 2.